The Balaban J connectivity index is 1.87. The van der Waals surface area contributed by atoms with Crippen LogP contribution in [0.1, 0.15) is 18.4 Å². The lowest BCUT2D eigenvalue weighted by Crippen LogP contribution is -2.67. The van der Waals surface area contributed by atoms with Crippen LogP contribution in [0.5, 0.6) is 0 Å². The molecule has 1 fully saturated rings. The van der Waals surface area contributed by atoms with E-state index < -0.39 is 16.1 Å². The van der Waals surface area contributed by atoms with Crippen molar-refractivity contribution in [3.63, 3.8) is 0 Å². The predicted molar refractivity (Wildman–Crippen MR) is 104 cm³/mol. The van der Waals surface area contributed by atoms with Crippen molar-refractivity contribution in [1.82, 2.24) is 9.62 Å². The summed E-state index contributed by atoms with van der Waals surface area (Å²) in [7, 11) is -3.41. The number of nitrogens with one attached hydrogen (secondary N) is 1. The van der Waals surface area contributed by atoms with Gasteiger partial charge in [-0.1, -0.05) is 43.3 Å². The minimum absolute atomic E-state index is 0.0777. The van der Waals surface area contributed by atoms with Gasteiger partial charge in [0.25, 0.3) is 0 Å². The smallest absolute Gasteiger partial charge is 0.211 e. The van der Waals surface area contributed by atoms with Gasteiger partial charge in [-0.25, -0.2) is 12.8 Å². The van der Waals surface area contributed by atoms with Crippen LogP contribution in [0.2, 0.25) is 0 Å². The predicted octanol–water partition coefficient (Wildman–Crippen LogP) is 2.19. The third-order valence-electron chi connectivity index (χ3n) is 5.13. The summed E-state index contributed by atoms with van der Waals surface area (Å²) in [4.78, 5) is 0. The maximum Gasteiger partial charge on any atom is 0.211 e. The van der Waals surface area contributed by atoms with Crippen LogP contribution in [0.15, 0.2) is 48.5 Å². The van der Waals surface area contributed by atoms with Gasteiger partial charge in [-0.15, -0.1) is 0 Å². The van der Waals surface area contributed by atoms with E-state index in [4.69, 9.17) is 0 Å². The highest BCUT2D eigenvalue weighted by Gasteiger charge is 2.52. The maximum absolute atomic E-state index is 13.1. The molecule has 0 aromatic heterocycles. The van der Waals surface area contributed by atoms with Crippen molar-refractivity contribution in [2.45, 2.75) is 24.9 Å². The second-order valence-electron chi connectivity index (χ2n) is 6.87. The molecule has 3 rings (SSSR count). The fourth-order valence-electron chi connectivity index (χ4n) is 3.90. The molecule has 1 saturated heterocycles. The van der Waals surface area contributed by atoms with Gasteiger partial charge < -0.3 is 10.4 Å². The Hall–Kier alpha value is -1.80. The lowest BCUT2D eigenvalue weighted by Gasteiger charge is -2.53. The minimum Gasteiger partial charge on any atom is -0.395 e. The van der Waals surface area contributed by atoms with Crippen LogP contribution in [0, 0.1) is 5.82 Å². The normalized spacial score (nSPS) is 23.2. The molecule has 27 heavy (non-hydrogen) atoms. The lowest BCUT2D eigenvalue weighted by molar-refractivity contribution is 0.0296. The van der Waals surface area contributed by atoms with Crippen LogP contribution in [0.4, 0.5) is 4.39 Å². The summed E-state index contributed by atoms with van der Waals surface area (Å²) in [5.74, 6) is -0.353. The van der Waals surface area contributed by atoms with Gasteiger partial charge in [0.05, 0.1) is 18.9 Å². The Morgan fingerprint density at radius 1 is 1.04 bits per heavy atom. The molecule has 2 aromatic carbocycles. The Labute approximate surface area is 159 Å². The third kappa shape index (κ3) is 4.06. The van der Waals surface area contributed by atoms with Crippen LogP contribution in [0.3, 0.4) is 0 Å². The molecule has 0 amide bonds. The zero-order valence-corrected chi connectivity index (χ0v) is 16.3. The molecule has 0 bridgehead atoms. The summed E-state index contributed by atoms with van der Waals surface area (Å²) in [5.41, 5.74) is 2.86. The molecule has 0 spiro atoms. The molecule has 2 N–H and O–H groups in total. The first-order valence-corrected chi connectivity index (χ1v) is 10.9. The van der Waals surface area contributed by atoms with Gasteiger partial charge in [0, 0.05) is 18.5 Å². The second-order valence-corrected chi connectivity index (χ2v) is 8.76. The van der Waals surface area contributed by atoms with E-state index in [1.807, 2.05) is 31.2 Å². The number of aliphatic hydroxyl groups excluding tert-OH is 1. The first kappa shape index (κ1) is 19.9. The van der Waals surface area contributed by atoms with Gasteiger partial charge in [-0.3, -0.25) is 0 Å². The summed E-state index contributed by atoms with van der Waals surface area (Å²) in [6.45, 7) is 3.03. The summed E-state index contributed by atoms with van der Waals surface area (Å²) < 4.78 is 38.8. The molecular weight excluding hydrogens is 367 g/mol. The molecule has 0 aliphatic carbocycles. The Morgan fingerprint density at radius 3 is 2.07 bits per heavy atom. The van der Waals surface area contributed by atoms with Crippen LogP contribution in [0.25, 0.3) is 11.1 Å². The fraction of sp³-hybridized carbons (Fsp3) is 0.400. The van der Waals surface area contributed by atoms with E-state index in [0.717, 1.165) is 23.2 Å². The Bertz CT molecular complexity index is 869. The highest BCUT2D eigenvalue weighted by Crippen LogP contribution is 2.42. The van der Waals surface area contributed by atoms with E-state index in [-0.39, 0.29) is 24.4 Å². The molecule has 7 heteroatoms. The molecule has 146 valence electrons. The van der Waals surface area contributed by atoms with E-state index in [1.165, 1.54) is 22.7 Å². The third-order valence-corrected chi connectivity index (χ3v) is 6.44. The average Bonchev–Trinajstić information content (AvgIpc) is 2.61. The topological polar surface area (TPSA) is 69.6 Å². The van der Waals surface area contributed by atoms with Gasteiger partial charge in [-0.2, -0.15) is 4.31 Å². The van der Waals surface area contributed by atoms with Crippen LogP contribution in [-0.2, 0) is 10.0 Å². The molecule has 0 unspecified atom stereocenters. The van der Waals surface area contributed by atoms with Gasteiger partial charge >= 0.3 is 0 Å². The fourth-order valence-corrected chi connectivity index (χ4v) is 5.28. The van der Waals surface area contributed by atoms with Crippen LogP contribution < -0.4 is 5.32 Å². The van der Waals surface area contributed by atoms with Gasteiger partial charge in [0.15, 0.2) is 0 Å². The molecule has 2 aromatic rings. The monoisotopic (exact) mass is 392 g/mol. The molecule has 1 aliphatic rings. The summed E-state index contributed by atoms with van der Waals surface area (Å²) >= 11 is 0. The zero-order valence-electron chi connectivity index (χ0n) is 15.5. The summed E-state index contributed by atoms with van der Waals surface area (Å²) in [6, 6.07) is 13.4. The van der Waals surface area contributed by atoms with Crippen molar-refractivity contribution in [3.8, 4) is 11.1 Å². The number of halogens is 1. The molecule has 1 aliphatic heterocycles. The number of aliphatic hydroxyl groups is 1. The highest BCUT2D eigenvalue weighted by atomic mass is 32.2. The number of sulfonamides is 1. The molecule has 3 atom stereocenters. The number of likely N-dealkylation sites (N-methyl/N-ethyl adjacent to an activating group) is 1. The number of nitrogens with zero attached hydrogens (tertiary/aromatic N) is 1. The van der Waals surface area contributed by atoms with E-state index >= 15 is 0 Å². The summed E-state index contributed by atoms with van der Waals surface area (Å²) in [6.07, 6.45) is 1.18. The molecule has 5 nitrogen and oxygen atoms in total. The van der Waals surface area contributed by atoms with E-state index in [9.17, 15) is 17.9 Å². The highest BCUT2D eigenvalue weighted by molar-refractivity contribution is 7.88. The van der Waals surface area contributed by atoms with Crippen molar-refractivity contribution in [2.24, 2.45) is 0 Å². The van der Waals surface area contributed by atoms with Crippen molar-refractivity contribution in [3.05, 3.63) is 59.9 Å². The molecule has 0 saturated carbocycles. The van der Waals surface area contributed by atoms with Gasteiger partial charge in [0.1, 0.15) is 5.82 Å². The maximum atomic E-state index is 13.1. The molecule has 1 heterocycles. The number of rotatable bonds is 7. The standard InChI is InChI=1S/C20H25FN2O3S/c1-3-22-12-18-20(19(13-24)23(18)27(2,25)26)16-6-4-14(5-7-16)15-8-10-17(21)11-9-15/h4-11,18-20,22,24H,3,12-13H2,1-2H3/t18-,19+,20+/m1/s1. The van der Waals surface area contributed by atoms with Crippen molar-refractivity contribution in [2.75, 3.05) is 26.0 Å². The van der Waals surface area contributed by atoms with Gasteiger partial charge in [-0.05, 0) is 35.4 Å². The van der Waals surface area contributed by atoms with E-state index in [0.29, 0.717) is 6.54 Å². The second kappa shape index (κ2) is 8.06. The minimum atomic E-state index is -3.41. The van der Waals surface area contributed by atoms with Crippen LogP contribution >= 0.6 is 0 Å². The van der Waals surface area contributed by atoms with E-state index in [2.05, 4.69) is 5.32 Å². The van der Waals surface area contributed by atoms with Crippen molar-refractivity contribution >= 4 is 10.0 Å². The number of benzene rings is 2. The molecule has 0 radical (unpaired) electrons. The van der Waals surface area contributed by atoms with Crippen molar-refractivity contribution < 1.29 is 17.9 Å². The number of hydrogen-bond acceptors (Lipinski definition) is 4. The lowest BCUT2D eigenvalue weighted by atomic mass is 9.77. The van der Waals surface area contributed by atoms with Gasteiger partial charge in [0.2, 0.25) is 10.0 Å². The first-order valence-electron chi connectivity index (χ1n) is 9.02. The average molecular weight is 392 g/mol. The first-order chi connectivity index (χ1) is 12.9. The van der Waals surface area contributed by atoms with Crippen molar-refractivity contribution in [1.29, 1.82) is 0 Å². The Morgan fingerprint density at radius 2 is 1.59 bits per heavy atom. The number of hydrogen-bond donors (Lipinski definition) is 2. The van der Waals surface area contributed by atoms with E-state index in [1.54, 1.807) is 12.1 Å². The van der Waals surface area contributed by atoms with Crippen LogP contribution in [-0.4, -0.2) is 55.9 Å². The zero-order chi connectivity index (χ0) is 19.6. The summed E-state index contributed by atoms with van der Waals surface area (Å²) in [5, 5.41) is 13.0. The quantitative estimate of drug-likeness (QED) is 0.758. The SMILES string of the molecule is CCNC[C@@H]1[C@H](c2ccc(-c3ccc(F)cc3)cc2)[C@H](CO)N1S(C)(=O)=O. The largest absolute Gasteiger partial charge is 0.395 e. The molecular formula is C20H25FN2O3S. The Kier molecular flexibility index (Phi) is 5.95.